The lowest BCUT2D eigenvalue weighted by Crippen LogP contribution is -2.17. The van der Waals surface area contributed by atoms with Gasteiger partial charge in [0.1, 0.15) is 5.82 Å². The fraction of sp³-hybridized carbons (Fsp3) is 0.368. The molecule has 1 amide bonds. The molecule has 1 aromatic heterocycles. The third kappa shape index (κ3) is 3.35. The van der Waals surface area contributed by atoms with Gasteiger partial charge >= 0.3 is 0 Å². The number of rotatable bonds is 4. The van der Waals surface area contributed by atoms with Gasteiger partial charge < -0.3 is 5.32 Å². The summed E-state index contributed by atoms with van der Waals surface area (Å²) in [6.07, 6.45) is 7.95. The van der Waals surface area contributed by atoms with Crippen molar-refractivity contribution in [2.24, 2.45) is 0 Å². The zero-order valence-electron chi connectivity index (χ0n) is 13.1. The lowest BCUT2D eigenvalue weighted by atomic mass is 9.93. The molecule has 1 aromatic carbocycles. The maximum Gasteiger partial charge on any atom is 0.229 e. The number of benzene rings is 1. The molecule has 0 saturated heterocycles. The summed E-state index contributed by atoms with van der Waals surface area (Å²) in [5, 5.41) is 2.94. The van der Waals surface area contributed by atoms with E-state index < -0.39 is 0 Å². The number of aryl methyl sites for hydroxylation is 3. The quantitative estimate of drug-likeness (QED) is 0.934. The molecule has 3 heteroatoms. The maximum absolute atomic E-state index is 12.3. The van der Waals surface area contributed by atoms with E-state index in [1.165, 1.54) is 29.5 Å². The predicted octanol–water partition coefficient (Wildman–Crippen LogP) is 3.70. The van der Waals surface area contributed by atoms with Crippen molar-refractivity contribution in [1.82, 2.24) is 4.98 Å². The molecule has 0 atom stereocenters. The van der Waals surface area contributed by atoms with Crippen LogP contribution in [0.15, 0.2) is 36.5 Å². The fourth-order valence-corrected chi connectivity index (χ4v) is 3.12. The summed E-state index contributed by atoms with van der Waals surface area (Å²) in [5.74, 6) is 0.684. The highest BCUT2D eigenvalue weighted by Crippen LogP contribution is 2.22. The summed E-state index contributed by atoms with van der Waals surface area (Å²) >= 11 is 0. The van der Waals surface area contributed by atoms with Crippen molar-refractivity contribution in [2.75, 3.05) is 5.32 Å². The van der Waals surface area contributed by atoms with Crippen LogP contribution in [0.1, 0.15) is 42.0 Å². The molecular weight excluding hydrogens is 272 g/mol. The highest BCUT2D eigenvalue weighted by atomic mass is 16.1. The van der Waals surface area contributed by atoms with E-state index in [1.807, 2.05) is 30.5 Å². The van der Waals surface area contributed by atoms with Gasteiger partial charge in [-0.05, 0) is 60.4 Å². The van der Waals surface area contributed by atoms with Gasteiger partial charge in [-0.3, -0.25) is 4.79 Å². The second kappa shape index (κ2) is 6.73. The van der Waals surface area contributed by atoms with Gasteiger partial charge in [0.25, 0.3) is 0 Å². The average molecular weight is 294 g/mol. The molecular formula is C19H22N2O. The van der Waals surface area contributed by atoms with E-state index in [9.17, 15) is 4.79 Å². The van der Waals surface area contributed by atoms with Gasteiger partial charge in [-0.1, -0.05) is 31.2 Å². The summed E-state index contributed by atoms with van der Waals surface area (Å²) < 4.78 is 0. The van der Waals surface area contributed by atoms with E-state index in [4.69, 9.17) is 0 Å². The zero-order chi connectivity index (χ0) is 15.4. The molecule has 1 N–H and O–H groups in total. The first-order valence-electron chi connectivity index (χ1n) is 8.10. The molecule has 0 unspecified atom stereocenters. The highest BCUT2D eigenvalue weighted by molar-refractivity contribution is 5.91. The van der Waals surface area contributed by atoms with Gasteiger partial charge in [0.2, 0.25) is 5.91 Å². The Morgan fingerprint density at radius 1 is 1.14 bits per heavy atom. The van der Waals surface area contributed by atoms with E-state index in [0.29, 0.717) is 12.2 Å². The second-order valence-electron chi connectivity index (χ2n) is 5.89. The van der Waals surface area contributed by atoms with Gasteiger partial charge in [0, 0.05) is 6.20 Å². The smallest absolute Gasteiger partial charge is 0.229 e. The Bertz CT molecular complexity index is 679. The molecule has 22 heavy (non-hydrogen) atoms. The zero-order valence-corrected chi connectivity index (χ0v) is 13.1. The molecule has 0 fully saturated rings. The van der Waals surface area contributed by atoms with Crippen LogP contribution in [0.25, 0.3) is 0 Å². The summed E-state index contributed by atoms with van der Waals surface area (Å²) in [5.41, 5.74) is 5.00. The number of nitrogens with one attached hydrogen (secondary N) is 1. The number of aromatic nitrogens is 1. The van der Waals surface area contributed by atoms with Crippen LogP contribution in [0.4, 0.5) is 5.82 Å². The molecule has 3 rings (SSSR count). The first kappa shape index (κ1) is 14.8. The van der Waals surface area contributed by atoms with Crippen LogP contribution in [-0.2, 0) is 30.5 Å². The van der Waals surface area contributed by atoms with Crippen LogP contribution in [0, 0.1) is 0 Å². The van der Waals surface area contributed by atoms with Gasteiger partial charge in [-0.25, -0.2) is 4.98 Å². The lowest BCUT2D eigenvalue weighted by molar-refractivity contribution is -0.115. The molecule has 0 spiro atoms. The molecule has 1 aliphatic rings. The largest absolute Gasteiger partial charge is 0.310 e. The number of amides is 1. The fourth-order valence-electron chi connectivity index (χ4n) is 3.12. The Morgan fingerprint density at radius 3 is 2.64 bits per heavy atom. The average Bonchev–Trinajstić information content (AvgIpc) is 2.55. The molecule has 1 heterocycles. The molecule has 0 bridgehead atoms. The maximum atomic E-state index is 12.3. The minimum absolute atomic E-state index is 0.00385. The van der Waals surface area contributed by atoms with Crippen LogP contribution in [-0.4, -0.2) is 10.9 Å². The van der Waals surface area contributed by atoms with Crippen molar-refractivity contribution < 1.29 is 4.79 Å². The molecule has 114 valence electrons. The topological polar surface area (TPSA) is 42.0 Å². The van der Waals surface area contributed by atoms with Gasteiger partial charge in [0.05, 0.1) is 6.42 Å². The number of pyridine rings is 1. The van der Waals surface area contributed by atoms with E-state index in [0.717, 1.165) is 24.8 Å². The summed E-state index contributed by atoms with van der Waals surface area (Å²) in [4.78, 5) is 16.7. The van der Waals surface area contributed by atoms with Crippen molar-refractivity contribution in [1.29, 1.82) is 0 Å². The van der Waals surface area contributed by atoms with E-state index in [2.05, 4.69) is 23.3 Å². The van der Waals surface area contributed by atoms with Gasteiger partial charge in [-0.15, -0.1) is 0 Å². The first-order valence-corrected chi connectivity index (χ1v) is 8.10. The predicted molar refractivity (Wildman–Crippen MR) is 89.0 cm³/mol. The number of carbonyl (C=O) groups excluding carboxylic acids is 1. The van der Waals surface area contributed by atoms with Gasteiger partial charge in [0.15, 0.2) is 0 Å². The third-order valence-electron chi connectivity index (χ3n) is 4.34. The van der Waals surface area contributed by atoms with Gasteiger partial charge in [-0.2, -0.15) is 0 Å². The Morgan fingerprint density at radius 2 is 1.86 bits per heavy atom. The molecule has 0 radical (unpaired) electrons. The number of nitrogens with zero attached hydrogens (tertiary/aromatic N) is 1. The number of fused-ring (bicyclic) bond motifs is 1. The standard InChI is InChI=1S/C19H22N2O/c1-2-14-7-3-4-9-16(14)12-19(22)21-18-11-15-8-5-6-10-17(15)13-20-18/h3-4,7,9,11,13H,2,5-6,8,10,12H2,1H3,(H,20,21,22). The van der Waals surface area contributed by atoms with Crippen LogP contribution in [0.3, 0.4) is 0 Å². The molecule has 2 aromatic rings. The Labute approximate surface area is 131 Å². The molecule has 1 aliphatic carbocycles. The van der Waals surface area contributed by atoms with E-state index >= 15 is 0 Å². The number of hydrogen-bond acceptors (Lipinski definition) is 2. The summed E-state index contributed by atoms with van der Waals surface area (Å²) in [6, 6.07) is 10.2. The van der Waals surface area contributed by atoms with Crippen molar-refractivity contribution in [2.45, 2.75) is 45.4 Å². The van der Waals surface area contributed by atoms with Crippen molar-refractivity contribution in [3.05, 3.63) is 58.8 Å². The number of hydrogen-bond donors (Lipinski definition) is 1. The van der Waals surface area contributed by atoms with Crippen LogP contribution < -0.4 is 5.32 Å². The number of anilines is 1. The Kier molecular flexibility index (Phi) is 4.52. The molecule has 3 nitrogen and oxygen atoms in total. The van der Waals surface area contributed by atoms with Crippen LogP contribution in [0.5, 0.6) is 0 Å². The Balaban J connectivity index is 1.69. The molecule has 0 aliphatic heterocycles. The SMILES string of the molecule is CCc1ccccc1CC(=O)Nc1cc2c(cn1)CCCC2. The van der Waals surface area contributed by atoms with Crippen molar-refractivity contribution >= 4 is 11.7 Å². The van der Waals surface area contributed by atoms with Crippen molar-refractivity contribution in [3.63, 3.8) is 0 Å². The normalized spacial score (nSPS) is 13.5. The van der Waals surface area contributed by atoms with E-state index in [-0.39, 0.29) is 5.91 Å². The minimum Gasteiger partial charge on any atom is -0.310 e. The van der Waals surface area contributed by atoms with Crippen LogP contribution >= 0.6 is 0 Å². The Hall–Kier alpha value is -2.16. The second-order valence-corrected chi connectivity index (χ2v) is 5.89. The monoisotopic (exact) mass is 294 g/mol. The van der Waals surface area contributed by atoms with E-state index in [1.54, 1.807) is 0 Å². The van der Waals surface area contributed by atoms with Crippen molar-refractivity contribution in [3.8, 4) is 0 Å². The molecule has 0 saturated carbocycles. The summed E-state index contributed by atoms with van der Waals surface area (Å²) in [6.45, 7) is 2.11. The lowest BCUT2D eigenvalue weighted by Gasteiger charge is -2.16. The highest BCUT2D eigenvalue weighted by Gasteiger charge is 2.12. The minimum atomic E-state index is 0.00385. The number of carbonyl (C=O) groups is 1. The third-order valence-corrected chi connectivity index (χ3v) is 4.34. The van der Waals surface area contributed by atoms with Crippen LogP contribution in [0.2, 0.25) is 0 Å². The first-order chi connectivity index (χ1) is 10.8. The summed E-state index contributed by atoms with van der Waals surface area (Å²) in [7, 11) is 0.